The molecular formula is C18H16O5. The second-order valence-corrected chi connectivity index (χ2v) is 4.85. The zero-order valence-electron chi connectivity index (χ0n) is 12.9. The largest absolute Gasteiger partial charge is 0.489 e. The normalized spacial score (nSPS) is 10.0. The number of carbonyl (C=O) groups excluding carboxylic acids is 3. The van der Waals surface area contributed by atoms with Gasteiger partial charge in [-0.15, -0.1) is 0 Å². The maximum absolute atomic E-state index is 12.0. The molecule has 0 unspecified atom stereocenters. The fourth-order valence-electron chi connectivity index (χ4n) is 2.02. The second-order valence-electron chi connectivity index (χ2n) is 4.85. The van der Waals surface area contributed by atoms with Crippen LogP contribution in [0.15, 0.2) is 48.5 Å². The van der Waals surface area contributed by atoms with E-state index in [9.17, 15) is 14.4 Å². The third-order valence-corrected chi connectivity index (χ3v) is 3.29. The number of carbonyl (C=O) groups is 3. The van der Waals surface area contributed by atoms with Crippen molar-refractivity contribution in [3.05, 3.63) is 65.2 Å². The summed E-state index contributed by atoms with van der Waals surface area (Å²) in [6.07, 6.45) is 0. The minimum absolute atomic E-state index is 0.0226. The molecule has 0 saturated heterocycles. The highest BCUT2D eigenvalue weighted by molar-refractivity contribution is 6.40. The van der Waals surface area contributed by atoms with Crippen LogP contribution < -0.4 is 4.74 Å². The molecule has 0 amide bonds. The van der Waals surface area contributed by atoms with Gasteiger partial charge in [0.25, 0.3) is 5.78 Å². The van der Waals surface area contributed by atoms with Crippen LogP contribution in [0.3, 0.4) is 0 Å². The van der Waals surface area contributed by atoms with Crippen molar-refractivity contribution in [1.82, 2.24) is 0 Å². The van der Waals surface area contributed by atoms with Crippen LogP contribution in [0.25, 0.3) is 0 Å². The summed E-state index contributed by atoms with van der Waals surface area (Å²) < 4.78 is 10.1. The summed E-state index contributed by atoms with van der Waals surface area (Å²) in [6.45, 7) is 1.61. The van der Waals surface area contributed by atoms with Crippen LogP contribution in [0, 0.1) is 0 Å². The van der Waals surface area contributed by atoms with Crippen molar-refractivity contribution in [2.75, 3.05) is 7.11 Å². The Balaban J connectivity index is 2.13. The van der Waals surface area contributed by atoms with Gasteiger partial charge < -0.3 is 9.47 Å². The van der Waals surface area contributed by atoms with Crippen molar-refractivity contribution in [3.8, 4) is 5.75 Å². The van der Waals surface area contributed by atoms with Crippen molar-refractivity contribution in [2.24, 2.45) is 0 Å². The smallest absolute Gasteiger partial charge is 0.379 e. The quantitative estimate of drug-likeness (QED) is 0.466. The summed E-state index contributed by atoms with van der Waals surface area (Å²) >= 11 is 0. The number of hydrogen-bond donors (Lipinski definition) is 0. The number of esters is 1. The maximum atomic E-state index is 12.0. The van der Waals surface area contributed by atoms with Gasteiger partial charge in [-0.1, -0.05) is 24.3 Å². The van der Waals surface area contributed by atoms with Gasteiger partial charge >= 0.3 is 5.97 Å². The van der Waals surface area contributed by atoms with E-state index in [-0.39, 0.29) is 18.0 Å². The van der Waals surface area contributed by atoms with E-state index in [0.29, 0.717) is 16.9 Å². The van der Waals surface area contributed by atoms with E-state index >= 15 is 0 Å². The Morgan fingerprint density at radius 3 is 2.22 bits per heavy atom. The SMILES string of the molecule is COC(=O)C(=O)c1ccccc1COc1ccc(C(C)=O)cc1. The van der Waals surface area contributed by atoms with Gasteiger partial charge in [0.2, 0.25) is 0 Å². The van der Waals surface area contributed by atoms with E-state index in [1.807, 2.05) is 0 Å². The molecule has 2 aromatic rings. The van der Waals surface area contributed by atoms with E-state index in [4.69, 9.17) is 4.74 Å². The van der Waals surface area contributed by atoms with Crippen LogP contribution in [0.5, 0.6) is 5.75 Å². The molecule has 0 aliphatic rings. The summed E-state index contributed by atoms with van der Waals surface area (Å²) in [5.41, 5.74) is 1.43. The second kappa shape index (κ2) is 7.35. The molecule has 0 atom stereocenters. The van der Waals surface area contributed by atoms with Crippen LogP contribution in [-0.4, -0.2) is 24.6 Å². The van der Waals surface area contributed by atoms with Crippen molar-refractivity contribution < 1.29 is 23.9 Å². The number of methoxy groups -OCH3 is 1. The maximum Gasteiger partial charge on any atom is 0.379 e. The summed E-state index contributed by atoms with van der Waals surface area (Å²) in [4.78, 5) is 34.6. The highest BCUT2D eigenvalue weighted by Crippen LogP contribution is 2.17. The van der Waals surface area contributed by atoms with Crippen LogP contribution in [0.1, 0.15) is 33.2 Å². The first-order chi connectivity index (χ1) is 11.0. The molecule has 0 fully saturated rings. The number of rotatable bonds is 6. The zero-order valence-corrected chi connectivity index (χ0v) is 12.9. The predicted molar refractivity (Wildman–Crippen MR) is 83.6 cm³/mol. The van der Waals surface area contributed by atoms with Crippen molar-refractivity contribution in [1.29, 1.82) is 0 Å². The Morgan fingerprint density at radius 2 is 1.61 bits per heavy atom. The molecule has 5 heteroatoms. The lowest BCUT2D eigenvalue weighted by molar-refractivity contribution is -0.135. The molecule has 118 valence electrons. The molecule has 0 N–H and O–H groups in total. The summed E-state index contributed by atoms with van der Waals surface area (Å²) in [6, 6.07) is 13.4. The zero-order chi connectivity index (χ0) is 16.8. The predicted octanol–water partition coefficient (Wildman–Crippen LogP) is 2.82. The molecule has 5 nitrogen and oxygen atoms in total. The molecule has 0 saturated carbocycles. The van der Waals surface area contributed by atoms with E-state index in [0.717, 1.165) is 7.11 Å². The first-order valence-electron chi connectivity index (χ1n) is 6.97. The van der Waals surface area contributed by atoms with Gasteiger partial charge in [-0.05, 0) is 31.2 Å². The Bertz CT molecular complexity index is 731. The third-order valence-electron chi connectivity index (χ3n) is 3.29. The Morgan fingerprint density at radius 1 is 0.957 bits per heavy atom. The van der Waals surface area contributed by atoms with Gasteiger partial charge in [0.1, 0.15) is 12.4 Å². The van der Waals surface area contributed by atoms with E-state index < -0.39 is 11.8 Å². The number of Topliss-reactive ketones (excluding diaryl/α,β-unsaturated/α-hetero) is 2. The monoisotopic (exact) mass is 312 g/mol. The Hall–Kier alpha value is -2.95. The fourth-order valence-corrected chi connectivity index (χ4v) is 2.02. The average Bonchev–Trinajstić information content (AvgIpc) is 2.59. The van der Waals surface area contributed by atoms with Crippen LogP contribution in [0.4, 0.5) is 0 Å². The molecule has 0 radical (unpaired) electrons. The highest BCUT2D eigenvalue weighted by Gasteiger charge is 2.19. The first kappa shape index (κ1) is 16.4. The van der Waals surface area contributed by atoms with Crippen molar-refractivity contribution in [2.45, 2.75) is 13.5 Å². The minimum Gasteiger partial charge on any atom is -0.489 e. The molecule has 2 rings (SSSR count). The first-order valence-corrected chi connectivity index (χ1v) is 6.97. The van der Waals surface area contributed by atoms with Gasteiger partial charge in [-0.2, -0.15) is 0 Å². The summed E-state index contributed by atoms with van der Waals surface area (Å²) in [5.74, 6) is -1.08. The van der Waals surface area contributed by atoms with Crippen LogP contribution in [-0.2, 0) is 16.1 Å². The lowest BCUT2D eigenvalue weighted by Crippen LogP contribution is -2.18. The van der Waals surface area contributed by atoms with Crippen LogP contribution >= 0.6 is 0 Å². The fraction of sp³-hybridized carbons (Fsp3) is 0.167. The Labute approximate surface area is 133 Å². The number of ether oxygens (including phenoxy) is 2. The van der Waals surface area contributed by atoms with Gasteiger partial charge in [-0.3, -0.25) is 9.59 Å². The number of ketones is 2. The van der Waals surface area contributed by atoms with Crippen molar-refractivity contribution >= 4 is 17.5 Å². The summed E-state index contributed by atoms with van der Waals surface area (Å²) in [5, 5.41) is 0. The molecule has 2 aromatic carbocycles. The standard InChI is InChI=1S/C18H16O5/c1-12(19)13-7-9-15(10-8-13)23-11-14-5-3-4-6-16(14)17(20)18(21)22-2/h3-10H,11H2,1-2H3. The molecule has 0 spiro atoms. The van der Waals surface area contributed by atoms with Crippen molar-refractivity contribution in [3.63, 3.8) is 0 Å². The molecular weight excluding hydrogens is 296 g/mol. The highest BCUT2D eigenvalue weighted by atomic mass is 16.5. The third kappa shape index (κ3) is 4.03. The minimum atomic E-state index is -0.914. The van der Waals surface area contributed by atoms with E-state index in [2.05, 4.69) is 4.74 Å². The topological polar surface area (TPSA) is 69.7 Å². The Kier molecular flexibility index (Phi) is 5.25. The lowest BCUT2D eigenvalue weighted by atomic mass is 10.0. The molecule has 0 aliphatic heterocycles. The average molecular weight is 312 g/mol. The summed E-state index contributed by atoms with van der Waals surface area (Å²) in [7, 11) is 1.16. The molecule has 0 aromatic heterocycles. The van der Waals surface area contributed by atoms with Gasteiger partial charge in [-0.25, -0.2) is 4.79 Å². The van der Waals surface area contributed by atoms with Gasteiger partial charge in [0.15, 0.2) is 5.78 Å². The van der Waals surface area contributed by atoms with Gasteiger partial charge in [0, 0.05) is 16.7 Å². The molecule has 23 heavy (non-hydrogen) atoms. The lowest BCUT2D eigenvalue weighted by Gasteiger charge is -2.10. The molecule has 0 heterocycles. The molecule has 0 aliphatic carbocycles. The number of hydrogen-bond acceptors (Lipinski definition) is 5. The number of benzene rings is 2. The van der Waals surface area contributed by atoms with E-state index in [1.165, 1.54) is 6.92 Å². The van der Waals surface area contributed by atoms with E-state index in [1.54, 1.807) is 48.5 Å². The van der Waals surface area contributed by atoms with Gasteiger partial charge in [0.05, 0.1) is 7.11 Å². The van der Waals surface area contributed by atoms with Crippen LogP contribution in [0.2, 0.25) is 0 Å². The molecule has 0 bridgehead atoms.